The number of nitrogens with zero attached hydrogens (tertiary/aromatic N) is 2. The minimum absolute atomic E-state index is 0.213. The fraction of sp³-hybridized carbons (Fsp3) is 0.208. The first-order chi connectivity index (χ1) is 14.3. The quantitative estimate of drug-likeness (QED) is 0.570. The molecule has 0 bridgehead atoms. The lowest BCUT2D eigenvalue weighted by Crippen LogP contribution is -2.37. The molecular weight excluding hydrogens is 383 g/mol. The largest absolute Gasteiger partial charge is 0.449 e. The molecule has 1 unspecified atom stereocenters. The van der Waals surface area contributed by atoms with Crippen molar-refractivity contribution >= 4 is 11.9 Å². The monoisotopic (exact) mass is 406 g/mol. The summed E-state index contributed by atoms with van der Waals surface area (Å²) in [5, 5.41) is 0. The van der Waals surface area contributed by atoms with Gasteiger partial charge in [0.15, 0.2) is 6.10 Å². The number of rotatable bonds is 6. The molecule has 0 aliphatic heterocycles. The molecule has 1 atom stereocenters. The van der Waals surface area contributed by atoms with Crippen LogP contribution in [0.5, 0.6) is 0 Å². The highest BCUT2D eigenvalue weighted by molar-refractivity contribution is 5.93. The Morgan fingerprint density at radius 1 is 1.07 bits per heavy atom. The van der Waals surface area contributed by atoms with Crippen LogP contribution in [0.3, 0.4) is 0 Å². The van der Waals surface area contributed by atoms with Gasteiger partial charge in [-0.2, -0.15) is 0 Å². The van der Waals surface area contributed by atoms with Gasteiger partial charge in [0.25, 0.3) is 5.91 Å². The van der Waals surface area contributed by atoms with Crippen molar-refractivity contribution in [2.45, 2.75) is 26.5 Å². The number of halogens is 1. The Morgan fingerprint density at radius 2 is 1.80 bits per heavy atom. The van der Waals surface area contributed by atoms with Crippen LogP contribution >= 0.6 is 0 Å². The van der Waals surface area contributed by atoms with Crippen molar-refractivity contribution in [3.63, 3.8) is 0 Å². The number of esters is 1. The standard InChI is InChI=1S/C24H23FN2O3/c1-16-21(12-13-22(26-16)19-9-5-4-6-10-19)24(29)30-17(2)23(28)27(3)15-18-8-7-11-20(25)14-18/h4-14,17H,15H2,1-3H3. The molecule has 5 nitrogen and oxygen atoms in total. The molecule has 0 fully saturated rings. The zero-order chi connectivity index (χ0) is 21.7. The normalized spacial score (nSPS) is 11.6. The smallest absolute Gasteiger partial charge is 0.340 e. The lowest BCUT2D eigenvalue weighted by Gasteiger charge is -2.22. The summed E-state index contributed by atoms with van der Waals surface area (Å²) in [7, 11) is 1.58. The number of ether oxygens (including phenoxy) is 1. The minimum atomic E-state index is -0.982. The molecule has 3 aromatic rings. The summed E-state index contributed by atoms with van der Waals surface area (Å²) in [6.45, 7) is 3.46. The van der Waals surface area contributed by atoms with E-state index < -0.39 is 12.1 Å². The number of aryl methyl sites for hydroxylation is 1. The van der Waals surface area contributed by atoms with Gasteiger partial charge < -0.3 is 9.64 Å². The Kier molecular flexibility index (Phi) is 6.57. The van der Waals surface area contributed by atoms with Gasteiger partial charge in [-0.25, -0.2) is 9.18 Å². The first kappa shape index (κ1) is 21.2. The van der Waals surface area contributed by atoms with Crippen molar-refractivity contribution in [2.24, 2.45) is 0 Å². The lowest BCUT2D eigenvalue weighted by atomic mass is 10.1. The number of aromatic nitrogens is 1. The number of likely N-dealkylation sites (N-methyl/N-ethyl adjacent to an activating group) is 1. The molecule has 1 aromatic heterocycles. The molecule has 1 heterocycles. The summed E-state index contributed by atoms with van der Waals surface area (Å²) >= 11 is 0. The highest BCUT2D eigenvalue weighted by Gasteiger charge is 2.23. The van der Waals surface area contributed by atoms with Crippen LogP contribution < -0.4 is 0 Å². The molecular formula is C24H23FN2O3. The Hall–Kier alpha value is -3.54. The second-order valence-electron chi connectivity index (χ2n) is 7.07. The van der Waals surface area contributed by atoms with E-state index in [9.17, 15) is 14.0 Å². The van der Waals surface area contributed by atoms with Crippen molar-refractivity contribution in [3.05, 3.63) is 89.4 Å². The van der Waals surface area contributed by atoms with Crippen molar-refractivity contribution in [1.82, 2.24) is 9.88 Å². The predicted octanol–water partition coefficient (Wildman–Crippen LogP) is 4.40. The zero-order valence-electron chi connectivity index (χ0n) is 17.1. The lowest BCUT2D eigenvalue weighted by molar-refractivity contribution is -0.139. The number of hydrogen-bond acceptors (Lipinski definition) is 4. The molecule has 0 aliphatic carbocycles. The van der Waals surface area contributed by atoms with E-state index in [-0.39, 0.29) is 18.3 Å². The molecule has 6 heteroatoms. The van der Waals surface area contributed by atoms with Crippen molar-refractivity contribution in [1.29, 1.82) is 0 Å². The number of pyridine rings is 1. The predicted molar refractivity (Wildman–Crippen MR) is 112 cm³/mol. The average Bonchev–Trinajstić information content (AvgIpc) is 2.73. The maximum Gasteiger partial charge on any atom is 0.340 e. The van der Waals surface area contributed by atoms with Crippen LogP contribution in [-0.4, -0.2) is 34.9 Å². The third-order valence-electron chi connectivity index (χ3n) is 4.69. The van der Waals surface area contributed by atoms with E-state index in [1.54, 1.807) is 38.2 Å². The van der Waals surface area contributed by atoms with Gasteiger partial charge in [-0.1, -0.05) is 42.5 Å². The highest BCUT2D eigenvalue weighted by atomic mass is 19.1. The van der Waals surface area contributed by atoms with E-state index in [0.717, 1.165) is 11.3 Å². The zero-order valence-corrected chi connectivity index (χ0v) is 17.1. The van der Waals surface area contributed by atoms with Gasteiger partial charge in [-0.3, -0.25) is 9.78 Å². The van der Waals surface area contributed by atoms with Gasteiger partial charge in [0.1, 0.15) is 5.82 Å². The second-order valence-corrected chi connectivity index (χ2v) is 7.07. The van der Waals surface area contributed by atoms with Crippen molar-refractivity contribution < 1.29 is 18.7 Å². The number of benzene rings is 2. The van der Waals surface area contributed by atoms with Gasteiger partial charge >= 0.3 is 5.97 Å². The molecule has 1 amide bonds. The fourth-order valence-electron chi connectivity index (χ4n) is 3.12. The summed E-state index contributed by atoms with van der Waals surface area (Å²) in [5.41, 5.74) is 3.18. The minimum Gasteiger partial charge on any atom is -0.449 e. The van der Waals surface area contributed by atoms with E-state index in [2.05, 4.69) is 4.98 Å². The van der Waals surface area contributed by atoms with Crippen LogP contribution in [0, 0.1) is 12.7 Å². The summed E-state index contributed by atoms with van der Waals surface area (Å²) in [5.74, 6) is -1.35. The molecule has 0 N–H and O–H groups in total. The molecule has 0 spiro atoms. The van der Waals surface area contributed by atoms with Crippen LogP contribution in [0.25, 0.3) is 11.3 Å². The van der Waals surface area contributed by atoms with E-state index in [0.29, 0.717) is 16.8 Å². The molecule has 0 saturated carbocycles. The van der Waals surface area contributed by atoms with Crippen LogP contribution in [0.1, 0.15) is 28.5 Å². The van der Waals surface area contributed by atoms with Gasteiger partial charge in [-0.15, -0.1) is 0 Å². The number of carbonyl (C=O) groups is 2. The molecule has 3 rings (SSSR count). The van der Waals surface area contributed by atoms with Gasteiger partial charge in [0.05, 0.1) is 17.0 Å². The Morgan fingerprint density at radius 3 is 2.47 bits per heavy atom. The Balaban J connectivity index is 1.65. The summed E-state index contributed by atoms with van der Waals surface area (Å²) in [4.78, 5) is 31.0. The SMILES string of the molecule is Cc1nc(-c2ccccc2)ccc1C(=O)OC(C)C(=O)N(C)Cc1cccc(F)c1. The second kappa shape index (κ2) is 9.31. The van der Waals surface area contributed by atoms with Gasteiger partial charge in [0.2, 0.25) is 0 Å². The topological polar surface area (TPSA) is 59.5 Å². The first-order valence-corrected chi connectivity index (χ1v) is 9.58. The number of carbonyl (C=O) groups excluding carboxylic acids is 2. The number of amides is 1. The molecule has 0 aliphatic rings. The maximum atomic E-state index is 13.3. The molecule has 154 valence electrons. The summed E-state index contributed by atoms with van der Waals surface area (Å²) in [6.07, 6.45) is -0.982. The maximum absolute atomic E-state index is 13.3. The summed E-state index contributed by atoms with van der Waals surface area (Å²) < 4.78 is 18.7. The average molecular weight is 406 g/mol. The first-order valence-electron chi connectivity index (χ1n) is 9.58. The molecule has 0 saturated heterocycles. The third kappa shape index (κ3) is 5.08. The van der Waals surface area contributed by atoms with E-state index in [4.69, 9.17) is 4.74 Å². The Bertz CT molecular complexity index is 1050. The van der Waals surface area contributed by atoms with Crippen molar-refractivity contribution in [3.8, 4) is 11.3 Å². The fourth-order valence-corrected chi connectivity index (χ4v) is 3.12. The van der Waals surface area contributed by atoms with E-state index in [1.165, 1.54) is 24.0 Å². The van der Waals surface area contributed by atoms with Crippen LogP contribution in [0.4, 0.5) is 4.39 Å². The summed E-state index contributed by atoms with van der Waals surface area (Å²) in [6, 6.07) is 19.1. The van der Waals surface area contributed by atoms with Crippen LogP contribution in [-0.2, 0) is 16.1 Å². The Labute approximate surface area is 175 Å². The van der Waals surface area contributed by atoms with Gasteiger partial charge in [-0.05, 0) is 43.7 Å². The van der Waals surface area contributed by atoms with E-state index >= 15 is 0 Å². The van der Waals surface area contributed by atoms with Crippen LogP contribution in [0.2, 0.25) is 0 Å². The number of hydrogen-bond donors (Lipinski definition) is 0. The highest BCUT2D eigenvalue weighted by Crippen LogP contribution is 2.19. The molecule has 0 radical (unpaired) electrons. The van der Waals surface area contributed by atoms with Crippen LogP contribution in [0.15, 0.2) is 66.7 Å². The molecule has 30 heavy (non-hydrogen) atoms. The van der Waals surface area contributed by atoms with E-state index in [1.807, 2.05) is 30.3 Å². The van der Waals surface area contributed by atoms with Gasteiger partial charge in [0, 0.05) is 19.2 Å². The third-order valence-corrected chi connectivity index (χ3v) is 4.69. The van der Waals surface area contributed by atoms with Crippen molar-refractivity contribution in [2.75, 3.05) is 7.05 Å². The molecule has 2 aromatic carbocycles.